The van der Waals surface area contributed by atoms with Crippen molar-refractivity contribution in [2.45, 2.75) is 76.5 Å². The summed E-state index contributed by atoms with van der Waals surface area (Å²) in [4.78, 5) is 26.3. The van der Waals surface area contributed by atoms with Gasteiger partial charge in [-0.2, -0.15) is 0 Å². The van der Waals surface area contributed by atoms with Gasteiger partial charge >= 0.3 is 0 Å². The first-order valence-corrected chi connectivity index (χ1v) is 8.09. The quantitative estimate of drug-likeness (QED) is 0.621. The SMILES string of the molecule is COC(C)(C)CNC1CC(=O)N(C2CCCCCC2)C1=O. The Labute approximate surface area is 127 Å². The van der Waals surface area contributed by atoms with E-state index in [4.69, 9.17) is 4.74 Å². The van der Waals surface area contributed by atoms with Crippen LogP contribution in [0.1, 0.15) is 58.8 Å². The topological polar surface area (TPSA) is 58.6 Å². The Morgan fingerprint density at radius 1 is 1.19 bits per heavy atom. The lowest BCUT2D eigenvalue weighted by atomic mass is 10.1. The van der Waals surface area contributed by atoms with Crippen molar-refractivity contribution in [2.24, 2.45) is 0 Å². The standard InChI is InChI=1S/C16H28N2O3/c1-16(2,21-3)11-17-13-10-14(19)18(15(13)20)12-8-6-4-5-7-9-12/h12-13,17H,4-11H2,1-3H3. The van der Waals surface area contributed by atoms with Crippen LogP contribution in [0.4, 0.5) is 0 Å². The summed E-state index contributed by atoms with van der Waals surface area (Å²) in [5.41, 5.74) is -0.334. The molecule has 0 bridgehead atoms. The van der Waals surface area contributed by atoms with E-state index < -0.39 is 0 Å². The van der Waals surface area contributed by atoms with Crippen molar-refractivity contribution < 1.29 is 14.3 Å². The molecule has 1 aliphatic heterocycles. The molecule has 1 atom stereocenters. The Morgan fingerprint density at radius 3 is 2.38 bits per heavy atom. The zero-order valence-electron chi connectivity index (χ0n) is 13.5. The van der Waals surface area contributed by atoms with Crippen molar-refractivity contribution in [1.82, 2.24) is 10.2 Å². The second-order valence-corrected chi connectivity index (χ2v) is 6.85. The predicted molar refractivity (Wildman–Crippen MR) is 80.8 cm³/mol. The fourth-order valence-electron chi connectivity index (χ4n) is 3.15. The highest BCUT2D eigenvalue weighted by atomic mass is 16.5. The van der Waals surface area contributed by atoms with Gasteiger partial charge in [0.05, 0.1) is 18.1 Å². The van der Waals surface area contributed by atoms with E-state index in [2.05, 4.69) is 5.32 Å². The van der Waals surface area contributed by atoms with Crippen LogP contribution in [0.15, 0.2) is 0 Å². The highest BCUT2D eigenvalue weighted by Crippen LogP contribution is 2.26. The fraction of sp³-hybridized carbons (Fsp3) is 0.875. The minimum absolute atomic E-state index is 0.0142. The third-order valence-corrected chi connectivity index (χ3v) is 4.70. The molecule has 1 N–H and O–H groups in total. The van der Waals surface area contributed by atoms with E-state index in [1.165, 1.54) is 12.8 Å². The van der Waals surface area contributed by atoms with Crippen molar-refractivity contribution in [3.63, 3.8) is 0 Å². The van der Waals surface area contributed by atoms with Crippen molar-refractivity contribution >= 4 is 11.8 Å². The van der Waals surface area contributed by atoms with Gasteiger partial charge in [0.1, 0.15) is 0 Å². The van der Waals surface area contributed by atoms with Crippen molar-refractivity contribution in [2.75, 3.05) is 13.7 Å². The van der Waals surface area contributed by atoms with Gasteiger partial charge in [0.25, 0.3) is 0 Å². The van der Waals surface area contributed by atoms with E-state index in [9.17, 15) is 9.59 Å². The van der Waals surface area contributed by atoms with E-state index in [1.54, 1.807) is 12.0 Å². The van der Waals surface area contributed by atoms with Crippen molar-refractivity contribution in [3.05, 3.63) is 0 Å². The third kappa shape index (κ3) is 4.04. The van der Waals surface area contributed by atoms with E-state index in [-0.39, 0.29) is 35.9 Å². The molecule has 1 saturated heterocycles. The van der Waals surface area contributed by atoms with Crippen LogP contribution in [-0.4, -0.2) is 48.1 Å². The summed E-state index contributed by atoms with van der Waals surface area (Å²) in [5, 5.41) is 3.20. The number of carbonyl (C=O) groups excluding carboxylic acids is 2. The smallest absolute Gasteiger partial charge is 0.247 e. The van der Waals surface area contributed by atoms with Crippen LogP contribution in [0.3, 0.4) is 0 Å². The van der Waals surface area contributed by atoms with E-state index in [0.717, 1.165) is 25.7 Å². The largest absolute Gasteiger partial charge is 0.377 e. The number of methoxy groups -OCH3 is 1. The molecule has 0 aromatic carbocycles. The molecule has 1 saturated carbocycles. The van der Waals surface area contributed by atoms with Crippen LogP contribution in [0.2, 0.25) is 0 Å². The monoisotopic (exact) mass is 296 g/mol. The van der Waals surface area contributed by atoms with Gasteiger partial charge in [-0.1, -0.05) is 25.7 Å². The van der Waals surface area contributed by atoms with Gasteiger partial charge in [-0.05, 0) is 26.7 Å². The number of amides is 2. The van der Waals surface area contributed by atoms with E-state index >= 15 is 0 Å². The molecular formula is C16H28N2O3. The van der Waals surface area contributed by atoms with Crippen molar-refractivity contribution in [3.8, 4) is 0 Å². The Hall–Kier alpha value is -0.940. The average Bonchev–Trinajstić information content (AvgIpc) is 2.64. The lowest BCUT2D eigenvalue weighted by Gasteiger charge is -2.27. The number of imide groups is 1. The maximum Gasteiger partial charge on any atom is 0.247 e. The molecule has 5 nitrogen and oxygen atoms in total. The van der Waals surface area contributed by atoms with Crippen LogP contribution >= 0.6 is 0 Å². The Kier molecular flexibility index (Phi) is 5.38. The second-order valence-electron chi connectivity index (χ2n) is 6.85. The highest BCUT2D eigenvalue weighted by molar-refractivity contribution is 6.05. The van der Waals surface area contributed by atoms with Gasteiger partial charge in [0.2, 0.25) is 11.8 Å². The summed E-state index contributed by atoms with van der Waals surface area (Å²) in [5.74, 6) is -0.0570. The first-order chi connectivity index (χ1) is 9.94. The maximum absolute atomic E-state index is 12.5. The van der Waals surface area contributed by atoms with Gasteiger partial charge in [-0.15, -0.1) is 0 Å². The minimum Gasteiger partial charge on any atom is -0.377 e. The second kappa shape index (κ2) is 6.88. The van der Waals surface area contributed by atoms with Crippen LogP contribution in [-0.2, 0) is 14.3 Å². The Morgan fingerprint density at radius 2 is 1.81 bits per heavy atom. The minimum atomic E-state index is -0.379. The molecule has 1 aliphatic carbocycles. The number of nitrogens with zero attached hydrogens (tertiary/aromatic N) is 1. The molecule has 2 rings (SSSR count). The van der Waals surface area contributed by atoms with E-state index in [0.29, 0.717) is 6.54 Å². The molecule has 2 fully saturated rings. The molecule has 0 aromatic heterocycles. The first-order valence-electron chi connectivity index (χ1n) is 8.09. The average molecular weight is 296 g/mol. The zero-order valence-corrected chi connectivity index (χ0v) is 13.5. The van der Waals surface area contributed by atoms with Gasteiger partial charge in [0, 0.05) is 19.7 Å². The number of nitrogens with one attached hydrogen (secondary N) is 1. The number of carbonyl (C=O) groups is 2. The number of ether oxygens (including phenoxy) is 1. The lowest BCUT2D eigenvalue weighted by Crippen LogP contribution is -2.47. The molecule has 1 unspecified atom stereocenters. The van der Waals surface area contributed by atoms with Crippen LogP contribution < -0.4 is 5.32 Å². The maximum atomic E-state index is 12.5. The summed E-state index contributed by atoms with van der Waals surface area (Å²) in [7, 11) is 1.65. The van der Waals surface area contributed by atoms with E-state index in [1.807, 2.05) is 13.8 Å². The summed E-state index contributed by atoms with van der Waals surface area (Å²) < 4.78 is 5.35. The molecule has 0 radical (unpaired) electrons. The van der Waals surface area contributed by atoms with Gasteiger partial charge in [0.15, 0.2) is 0 Å². The summed E-state index contributed by atoms with van der Waals surface area (Å²) in [6.45, 7) is 4.49. The van der Waals surface area contributed by atoms with Gasteiger partial charge in [-0.3, -0.25) is 14.5 Å². The Balaban J connectivity index is 1.96. The van der Waals surface area contributed by atoms with Gasteiger partial charge < -0.3 is 10.1 Å². The number of rotatable bonds is 5. The molecule has 2 amide bonds. The molecule has 0 spiro atoms. The summed E-state index contributed by atoms with van der Waals surface area (Å²) in [6, 6.07) is -0.259. The number of likely N-dealkylation sites (tertiary alicyclic amines) is 1. The molecular weight excluding hydrogens is 268 g/mol. The summed E-state index contributed by atoms with van der Waals surface area (Å²) >= 11 is 0. The fourth-order valence-corrected chi connectivity index (χ4v) is 3.15. The van der Waals surface area contributed by atoms with Crippen LogP contribution in [0.25, 0.3) is 0 Å². The number of hydrogen-bond donors (Lipinski definition) is 1. The summed E-state index contributed by atoms with van der Waals surface area (Å²) in [6.07, 6.45) is 6.90. The molecule has 1 heterocycles. The third-order valence-electron chi connectivity index (χ3n) is 4.70. The van der Waals surface area contributed by atoms with Crippen LogP contribution in [0, 0.1) is 0 Å². The normalized spacial score (nSPS) is 25.5. The molecule has 21 heavy (non-hydrogen) atoms. The van der Waals surface area contributed by atoms with Crippen LogP contribution in [0.5, 0.6) is 0 Å². The van der Waals surface area contributed by atoms with Crippen molar-refractivity contribution in [1.29, 1.82) is 0 Å². The highest BCUT2D eigenvalue weighted by Gasteiger charge is 2.42. The molecule has 2 aliphatic rings. The lowest BCUT2D eigenvalue weighted by molar-refractivity contribution is -0.141. The molecule has 120 valence electrons. The molecule has 5 heteroatoms. The Bertz CT molecular complexity index is 387. The number of hydrogen-bond acceptors (Lipinski definition) is 4. The first kappa shape index (κ1) is 16.4. The predicted octanol–water partition coefficient (Wildman–Crippen LogP) is 1.85. The zero-order chi connectivity index (χ0) is 15.5. The molecule has 0 aromatic rings. The van der Waals surface area contributed by atoms with Gasteiger partial charge in [-0.25, -0.2) is 0 Å².